The Bertz CT molecular complexity index is 864. The Balaban J connectivity index is 1.81. The lowest BCUT2D eigenvalue weighted by Gasteiger charge is -2.07. The summed E-state index contributed by atoms with van der Waals surface area (Å²) in [5.41, 5.74) is 4.75. The van der Waals surface area contributed by atoms with Crippen LogP contribution in [0.25, 0.3) is 16.9 Å². The summed E-state index contributed by atoms with van der Waals surface area (Å²) in [6, 6.07) is 11.8. The molecule has 0 atom stereocenters. The van der Waals surface area contributed by atoms with Crippen molar-refractivity contribution in [3.05, 3.63) is 48.3 Å². The Morgan fingerprint density at radius 1 is 1.27 bits per heavy atom. The molecular weight excluding hydrogens is 276 g/mol. The first-order valence-corrected chi connectivity index (χ1v) is 7.43. The predicted octanol–water partition coefficient (Wildman–Crippen LogP) is 3.23. The maximum atomic E-state index is 11.2. The van der Waals surface area contributed by atoms with Crippen molar-refractivity contribution in [1.29, 1.82) is 0 Å². The first-order chi connectivity index (χ1) is 10.7. The minimum absolute atomic E-state index is 0.0767. The standard InChI is InChI=1S/C17H16N4O/c1-11(22)19-14-4-2-3-13(9-14)16-7-8-18-17-10-15(12-5-6-12)20-21(16)17/h2-4,7-10,12H,5-6H2,1H3,(H,19,22). The van der Waals surface area contributed by atoms with Crippen LogP contribution in [-0.2, 0) is 4.79 Å². The summed E-state index contributed by atoms with van der Waals surface area (Å²) in [6.45, 7) is 1.51. The number of nitrogens with one attached hydrogen (secondary N) is 1. The van der Waals surface area contributed by atoms with E-state index in [1.807, 2.05) is 34.8 Å². The van der Waals surface area contributed by atoms with Crippen molar-refractivity contribution in [2.45, 2.75) is 25.7 Å². The fraction of sp³-hybridized carbons (Fsp3) is 0.235. The van der Waals surface area contributed by atoms with Crippen LogP contribution in [0.3, 0.4) is 0 Å². The van der Waals surface area contributed by atoms with Crippen LogP contribution >= 0.6 is 0 Å². The summed E-state index contributed by atoms with van der Waals surface area (Å²) >= 11 is 0. The average Bonchev–Trinajstić information content (AvgIpc) is 3.25. The van der Waals surface area contributed by atoms with E-state index in [2.05, 4.69) is 16.4 Å². The Labute approximate surface area is 128 Å². The van der Waals surface area contributed by atoms with E-state index in [9.17, 15) is 4.79 Å². The van der Waals surface area contributed by atoms with Crippen LogP contribution in [0.4, 0.5) is 5.69 Å². The molecule has 1 aliphatic rings. The zero-order valence-electron chi connectivity index (χ0n) is 12.3. The number of carbonyl (C=O) groups is 1. The quantitative estimate of drug-likeness (QED) is 0.806. The summed E-state index contributed by atoms with van der Waals surface area (Å²) < 4.78 is 1.89. The normalized spacial score (nSPS) is 14.2. The molecule has 5 nitrogen and oxygen atoms in total. The van der Waals surface area contributed by atoms with E-state index < -0.39 is 0 Å². The van der Waals surface area contributed by atoms with Crippen molar-refractivity contribution in [3.8, 4) is 11.3 Å². The van der Waals surface area contributed by atoms with Gasteiger partial charge in [0.25, 0.3) is 0 Å². The van der Waals surface area contributed by atoms with Gasteiger partial charge in [0, 0.05) is 36.4 Å². The Kier molecular flexibility index (Phi) is 2.92. The number of carbonyl (C=O) groups excluding carboxylic acids is 1. The van der Waals surface area contributed by atoms with Gasteiger partial charge in [-0.15, -0.1) is 0 Å². The molecule has 0 aliphatic heterocycles. The van der Waals surface area contributed by atoms with Crippen LogP contribution in [-0.4, -0.2) is 20.5 Å². The second kappa shape index (κ2) is 4.94. The van der Waals surface area contributed by atoms with Crippen LogP contribution < -0.4 is 5.32 Å². The summed E-state index contributed by atoms with van der Waals surface area (Å²) in [4.78, 5) is 15.6. The first-order valence-electron chi connectivity index (χ1n) is 7.43. The SMILES string of the molecule is CC(=O)Nc1cccc(-c2ccnc3cc(C4CC4)nn23)c1. The number of amides is 1. The third-order valence-electron chi connectivity index (χ3n) is 3.85. The Morgan fingerprint density at radius 2 is 2.14 bits per heavy atom. The van der Waals surface area contributed by atoms with Gasteiger partial charge in [-0.05, 0) is 31.0 Å². The largest absolute Gasteiger partial charge is 0.326 e. The fourth-order valence-electron chi connectivity index (χ4n) is 2.67. The molecule has 110 valence electrons. The van der Waals surface area contributed by atoms with Crippen molar-refractivity contribution in [2.75, 3.05) is 5.32 Å². The molecule has 0 bridgehead atoms. The molecule has 1 aliphatic carbocycles. The Hall–Kier alpha value is -2.69. The molecule has 1 N–H and O–H groups in total. The summed E-state index contributed by atoms with van der Waals surface area (Å²) in [5, 5.41) is 7.52. The van der Waals surface area contributed by atoms with Gasteiger partial charge in [-0.25, -0.2) is 9.50 Å². The molecule has 3 aromatic rings. The van der Waals surface area contributed by atoms with E-state index in [-0.39, 0.29) is 5.91 Å². The van der Waals surface area contributed by atoms with Gasteiger partial charge in [-0.2, -0.15) is 5.10 Å². The maximum absolute atomic E-state index is 11.2. The second-order valence-electron chi connectivity index (χ2n) is 5.71. The zero-order chi connectivity index (χ0) is 15.1. The van der Waals surface area contributed by atoms with E-state index >= 15 is 0 Å². The molecule has 22 heavy (non-hydrogen) atoms. The van der Waals surface area contributed by atoms with E-state index in [4.69, 9.17) is 5.10 Å². The monoisotopic (exact) mass is 292 g/mol. The molecule has 2 heterocycles. The van der Waals surface area contributed by atoms with Gasteiger partial charge in [0.1, 0.15) is 0 Å². The molecule has 0 saturated heterocycles. The minimum Gasteiger partial charge on any atom is -0.326 e. The van der Waals surface area contributed by atoms with Gasteiger partial charge in [0.2, 0.25) is 5.91 Å². The van der Waals surface area contributed by atoms with Gasteiger partial charge in [-0.1, -0.05) is 12.1 Å². The number of anilines is 1. The molecule has 1 saturated carbocycles. The predicted molar refractivity (Wildman–Crippen MR) is 84.7 cm³/mol. The number of hydrogen-bond acceptors (Lipinski definition) is 3. The van der Waals surface area contributed by atoms with Crippen LogP contribution in [0.5, 0.6) is 0 Å². The van der Waals surface area contributed by atoms with E-state index in [0.29, 0.717) is 5.92 Å². The Morgan fingerprint density at radius 3 is 2.91 bits per heavy atom. The number of benzene rings is 1. The molecule has 5 heteroatoms. The van der Waals surface area contributed by atoms with Gasteiger partial charge in [0.05, 0.1) is 11.4 Å². The van der Waals surface area contributed by atoms with E-state index in [1.54, 1.807) is 6.20 Å². The summed E-state index contributed by atoms with van der Waals surface area (Å²) in [6.07, 6.45) is 4.24. The van der Waals surface area contributed by atoms with Crippen LogP contribution in [0, 0.1) is 0 Å². The smallest absolute Gasteiger partial charge is 0.221 e. The molecule has 2 aromatic heterocycles. The van der Waals surface area contributed by atoms with Crippen molar-refractivity contribution in [2.24, 2.45) is 0 Å². The fourth-order valence-corrected chi connectivity index (χ4v) is 2.67. The van der Waals surface area contributed by atoms with Crippen molar-refractivity contribution in [3.63, 3.8) is 0 Å². The highest BCUT2D eigenvalue weighted by Crippen LogP contribution is 2.39. The number of nitrogens with zero attached hydrogens (tertiary/aromatic N) is 3. The highest BCUT2D eigenvalue weighted by atomic mass is 16.1. The van der Waals surface area contributed by atoms with Crippen molar-refractivity contribution >= 4 is 17.2 Å². The van der Waals surface area contributed by atoms with Crippen LogP contribution in [0.1, 0.15) is 31.4 Å². The lowest BCUT2D eigenvalue weighted by molar-refractivity contribution is -0.114. The van der Waals surface area contributed by atoms with Crippen LogP contribution in [0.2, 0.25) is 0 Å². The molecule has 1 fully saturated rings. The van der Waals surface area contributed by atoms with Crippen LogP contribution in [0.15, 0.2) is 42.6 Å². The van der Waals surface area contributed by atoms with Crippen molar-refractivity contribution in [1.82, 2.24) is 14.6 Å². The molecular formula is C17H16N4O. The van der Waals surface area contributed by atoms with E-state index in [1.165, 1.54) is 19.8 Å². The average molecular weight is 292 g/mol. The molecule has 1 aromatic carbocycles. The number of fused-ring (bicyclic) bond motifs is 1. The molecule has 0 radical (unpaired) electrons. The van der Waals surface area contributed by atoms with Gasteiger partial charge in [0.15, 0.2) is 5.65 Å². The summed E-state index contributed by atoms with van der Waals surface area (Å²) in [7, 11) is 0. The first kappa shape index (κ1) is 13.0. The molecule has 1 amide bonds. The van der Waals surface area contributed by atoms with Gasteiger partial charge < -0.3 is 5.32 Å². The second-order valence-corrected chi connectivity index (χ2v) is 5.71. The van der Waals surface area contributed by atoms with Gasteiger partial charge in [-0.3, -0.25) is 4.79 Å². The highest BCUT2D eigenvalue weighted by molar-refractivity contribution is 5.89. The number of rotatable bonds is 3. The molecule has 4 rings (SSSR count). The lowest BCUT2D eigenvalue weighted by Crippen LogP contribution is -2.05. The molecule has 0 unspecified atom stereocenters. The van der Waals surface area contributed by atoms with E-state index in [0.717, 1.165) is 28.3 Å². The summed E-state index contributed by atoms with van der Waals surface area (Å²) in [5.74, 6) is 0.521. The van der Waals surface area contributed by atoms with Gasteiger partial charge >= 0.3 is 0 Å². The minimum atomic E-state index is -0.0767. The number of aromatic nitrogens is 3. The third kappa shape index (κ3) is 2.35. The topological polar surface area (TPSA) is 59.3 Å². The maximum Gasteiger partial charge on any atom is 0.221 e. The molecule has 0 spiro atoms. The zero-order valence-corrected chi connectivity index (χ0v) is 12.3. The third-order valence-corrected chi connectivity index (χ3v) is 3.85. The number of hydrogen-bond donors (Lipinski definition) is 1. The van der Waals surface area contributed by atoms with Crippen molar-refractivity contribution < 1.29 is 4.79 Å². The highest BCUT2D eigenvalue weighted by Gasteiger charge is 2.26. The lowest BCUT2D eigenvalue weighted by atomic mass is 10.1.